The normalized spacial score (nSPS) is 9.95. The minimum Gasteiger partial charge on any atom is -0.423 e. The molecule has 0 heterocycles. The van der Waals surface area contributed by atoms with Crippen molar-refractivity contribution in [3.8, 4) is 5.75 Å². The minimum atomic E-state index is -0.759. The molecule has 0 saturated heterocycles. The van der Waals surface area contributed by atoms with Gasteiger partial charge in [-0.2, -0.15) is 0 Å². The van der Waals surface area contributed by atoms with Crippen molar-refractivity contribution in [2.75, 3.05) is 11.1 Å². The lowest BCUT2D eigenvalue weighted by atomic mass is 10.1. The molecule has 108 valence electrons. The van der Waals surface area contributed by atoms with Crippen LogP contribution in [0.3, 0.4) is 0 Å². The van der Waals surface area contributed by atoms with Gasteiger partial charge in [0.1, 0.15) is 5.75 Å². The monoisotopic (exact) mass is 285 g/mol. The van der Waals surface area contributed by atoms with Gasteiger partial charge in [-0.05, 0) is 31.2 Å². The van der Waals surface area contributed by atoms with Crippen molar-refractivity contribution in [3.05, 3.63) is 53.6 Å². The summed E-state index contributed by atoms with van der Waals surface area (Å²) in [6.07, 6.45) is 0. The zero-order chi connectivity index (χ0) is 15.4. The lowest BCUT2D eigenvalue weighted by Gasteiger charge is -2.10. The summed E-state index contributed by atoms with van der Waals surface area (Å²) in [5, 5.41) is 2.35. The molecule has 0 unspecified atom stereocenters. The third-order valence-electron chi connectivity index (χ3n) is 2.82. The molecule has 2 aromatic rings. The predicted octanol–water partition coefficient (Wildman–Crippen LogP) is 2.29. The van der Waals surface area contributed by atoms with E-state index in [1.54, 1.807) is 24.3 Å². The van der Waals surface area contributed by atoms with Crippen molar-refractivity contribution in [1.29, 1.82) is 0 Å². The van der Waals surface area contributed by atoms with E-state index in [2.05, 4.69) is 5.32 Å². The van der Waals surface area contributed by atoms with Crippen LogP contribution in [-0.4, -0.2) is 12.0 Å². The first kappa shape index (κ1) is 14.4. The molecule has 0 radical (unpaired) electrons. The smallest absolute Gasteiger partial charge is 0.345 e. The fraction of sp³-hybridized carbons (Fsp3) is 0.0667. The summed E-state index contributed by atoms with van der Waals surface area (Å²) in [7, 11) is 0. The highest BCUT2D eigenvalue weighted by Crippen LogP contribution is 2.24. The van der Waals surface area contributed by atoms with Crippen molar-refractivity contribution in [2.24, 2.45) is 5.73 Å². The summed E-state index contributed by atoms with van der Waals surface area (Å²) in [4.78, 5) is 23.0. The second kappa shape index (κ2) is 5.96. The number of benzene rings is 2. The molecule has 2 rings (SSSR count). The van der Waals surface area contributed by atoms with Gasteiger partial charge in [-0.1, -0.05) is 23.8 Å². The second-order valence-corrected chi connectivity index (χ2v) is 4.46. The van der Waals surface area contributed by atoms with Crippen LogP contribution in [0.4, 0.5) is 16.2 Å². The highest BCUT2D eigenvalue weighted by molar-refractivity contribution is 6.02. The second-order valence-electron chi connectivity index (χ2n) is 4.46. The number of nitrogen functional groups attached to an aromatic ring is 1. The van der Waals surface area contributed by atoms with Gasteiger partial charge in [0.15, 0.2) is 0 Å². The Morgan fingerprint density at radius 3 is 2.38 bits per heavy atom. The Morgan fingerprint density at radius 2 is 1.76 bits per heavy atom. The number of hydrogen-bond acceptors (Lipinski definition) is 4. The van der Waals surface area contributed by atoms with E-state index in [0.29, 0.717) is 5.75 Å². The van der Waals surface area contributed by atoms with Gasteiger partial charge in [0.2, 0.25) is 0 Å². The Bertz CT molecular complexity index is 681. The fourth-order valence-corrected chi connectivity index (χ4v) is 1.75. The predicted molar refractivity (Wildman–Crippen MR) is 80.2 cm³/mol. The molecule has 0 fully saturated rings. The number of ether oxygens (including phenoxy) is 1. The van der Waals surface area contributed by atoms with Gasteiger partial charge >= 0.3 is 12.0 Å². The summed E-state index contributed by atoms with van der Waals surface area (Å²) >= 11 is 0. The first-order valence-electron chi connectivity index (χ1n) is 6.21. The van der Waals surface area contributed by atoms with Crippen LogP contribution in [-0.2, 0) is 0 Å². The summed E-state index contributed by atoms with van der Waals surface area (Å²) in [5.74, 6) is -0.192. The van der Waals surface area contributed by atoms with Crippen molar-refractivity contribution in [2.45, 2.75) is 6.92 Å². The minimum absolute atomic E-state index is 0.105. The summed E-state index contributed by atoms with van der Waals surface area (Å²) in [5.41, 5.74) is 12.5. The lowest BCUT2D eigenvalue weighted by molar-refractivity contribution is 0.0736. The number of rotatable bonds is 3. The van der Waals surface area contributed by atoms with E-state index >= 15 is 0 Å². The van der Waals surface area contributed by atoms with Crippen LogP contribution in [0.2, 0.25) is 0 Å². The third-order valence-corrected chi connectivity index (χ3v) is 2.82. The molecule has 0 bridgehead atoms. The van der Waals surface area contributed by atoms with Gasteiger partial charge in [-0.3, -0.25) is 0 Å². The molecule has 2 amide bonds. The van der Waals surface area contributed by atoms with E-state index in [1.165, 1.54) is 6.07 Å². The van der Waals surface area contributed by atoms with Crippen LogP contribution in [0.1, 0.15) is 15.9 Å². The van der Waals surface area contributed by atoms with E-state index in [9.17, 15) is 9.59 Å². The lowest BCUT2D eigenvalue weighted by Crippen LogP contribution is -2.21. The molecule has 6 nitrogen and oxygen atoms in total. The molecule has 0 aromatic heterocycles. The average Bonchev–Trinajstić information content (AvgIpc) is 2.43. The van der Waals surface area contributed by atoms with E-state index in [4.69, 9.17) is 16.2 Å². The maximum absolute atomic E-state index is 12.1. The number of carbonyl (C=O) groups is 2. The van der Waals surface area contributed by atoms with E-state index in [-0.39, 0.29) is 16.9 Å². The Morgan fingerprint density at radius 1 is 1.10 bits per heavy atom. The molecule has 0 aliphatic rings. The SMILES string of the molecule is Cc1ccc(OC(=O)c2cccc(NC(N)=O)c2N)cc1. The maximum Gasteiger partial charge on any atom is 0.345 e. The van der Waals surface area contributed by atoms with Crippen LogP contribution < -0.4 is 21.5 Å². The Labute approximate surface area is 121 Å². The largest absolute Gasteiger partial charge is 0.423 e. The van der Waals surface area contributed by atoms with Gasteiger partial charge in [0.25, 0.3) is 0 Å². The molecule has 0 saturated carbocycles. The standard InChI is InChI=1S/C15H15N3O3/c1-9-5-7-10(8-6-9)21-14(19)11-3-2-4-12(13(11)16)18-15(17)20/h2-8H,16H2,1H3,(H3,17,18,20). The molecular formula is C15H15N3O3. The van der Waals surface area contributed by atoms with E-state index < -0.39 is 12.0 Å². The molecule has 6 heteroatoms. The number of urea groups is 1. The first-order chi connectivity index (χ1) is 9.97. The molecule has 0 atom stereocenters. The summed E-state index contributed by atoms with van der Waals surface area (Å²) in [6, 6.07) is 10.9. The highest BCUT2D eigenvalue weighted by Gasteiger charge is 2.15. The Kier molecular flexibility index (Phi) is 4.08. The zero-order valence-electron chi connectivity index (χ0n) is 11.4. The molecule has 0 spiro atoms. The van der Waals surface area contributed by atoms with Crippen LogP contribution in [0.15, 0.2) is 42.5 Å². The van der Waals surface area contributed by atoms with Gasteiger partial charge < -0.3 is 21.5 Å². The molecule has 0 aliphatic heterocycles. The van der Waals surface area contributed by atoms with Gasteiger partial charge in [0, 0.05) is 0 Å². The topological polar surface area (TPSA) is 107 Å². The molecular weight excluding hydrogens is 270 g/mol. The van der Waals surface area contributed by atoms with Gasteiger partial charge in [-0.25, -0.2) is 9.59 Å². The van der Waals surface area contributed by atoms with Gasteiger partial charge in [-0.15, -0.1) is 0 Å². The number of anilines is 2. The number of amides is 2. The fourth-order valence-electron chi connectivity index (χ4n) is 1.75. The quantitative estimate of drug-likeness (QED) is 0.456. The number of hydrogen-bond donors (Lipinski definition) is 3. The number of para-hydroxylation sites is 1. The first-order valence-corrected chi connectivity index (χ1v) is 6.21. The van der Waals surface area contributed by atoms with Crippen LogP contribution in [0.25, 0.3) is 0 Å². The van der Waals surface area contributed by atoms with E-state index in [0.717, 1.165) is 5.56 Å². The number of nitrogens with one attached hydrogen (secondary N) is 1. The maximum atomic E-state index is 12.1. The van der Waals surface area contributed by atoms with Crippen LogP contribution >= 0.6 is 0 Å². The van der Waals surface area contributed by atoms with Crippen molar-refractivity contribution < 1.29 is 14.3 Å². The zero-order valence-corrected chi connectivity index (χ0v) is 11.4. The number of aryl methyl sites for hydroxylation is 1. The number of esters is 1. The summed E-state index contributed by atoms with van der Waals surface area (Å²) in [6.45, 7) is 1.93. The molecule has 5 N–H and O–H groups in total. The van der Waals surface area contributed by atoms with Crippen molar-refractivity contribution in [1.82, 2.24) is 0 Å². The Hall–Kier alpha value is -3.02. The van der Waals surface area contributed by atoms with Crippen molar-refractivity contribution in [3.63, 3.8) is 0 Å². The van der Waals surface area contributed by atoms with E-state index in [1.807, 2.05) is 19.1 Å². The average molecular weight is 285 g/mol. The molecule has 21 heavy (non-hydrogen) atoms. The summed E-state index contributed by atoms with van der Waals surface area (Å²) < 4.78 is 5.23. The molecule has 2 aromatic carbocycles. The van der Waals surface area contributed by atoms with Crippen LogP contribution in [0, 0.1) is 6.92 Å². The number of primary amides is 1. The van der Waals surface area contributed by atoms with Gasteiger partial charge in [0.05, 0.1) is 16.9 Å². The van der Waals surface area contributed by atoms with Crippen molar-refractivity contribution >= 4 is 23.4 Å². The molecule has 0 aliphatic carbocycles. The Balaban J connectivity index is 2.23. The van der Waals surface area contributed by atoms with Crippen LogP contribution in [0.5, 0.6) is 5.75 Å². The number of carbonyl (C=O) groups excluding carboxylic acids is 2. The highest BCUT2D eigenvalue weighted by atomic mass is 16.5. The third kappa shape index (κ3) is 3.50. The number of nitrogens with two attached hydrogens (primary N) is 2.